The Hall–Kier alpha value is -1.62. The highest BCUT2D eigenvalue weighted by atomic mass is 16.1. The van der Waals surface area contributed by atoms with E-state index in [9.17, 15) is 4.79 Å². The number of pyridine rings is 1. The molecule has 19 heavy (non-hydrogen) atoms. The molecule has 0 fully saturated rings. The van der Waals surface area contributed by atoms with Crippen molar-refractivity contribution in [2.75, 3.05) is 32.5 Å². The number of aromatic nitrogens is 1. The molecule has 1 rings (SSSR count). The summed E-state index contributed by atoms with van der Waals surface area (Å²) < 4.78 is 0. The predicted molar refractivity (Wildman–Crippen MR) is 78.6 cm³/mol. The summed E-state index contributed by atoms with van der Waals surface area (Å²) in [6.07, 6.45) is 0. The fourth-order valence-corrected chi connectivity index (χ4v) is 1.63. The van der Waals surface area contributed by atoms with E-state index in [1.807, 2.05) is 14.0 Å². The van der Waals surface area contributed by atoms with E-state index in [-0.39, 0.29) is 5.91 Å². The van der Waals surface area contributed by atoms with E-state index >= 15 is 0 Å². The Kier molecular flexibility index (Phi) is 5.76. The third kappa shape index (κ3) is 4.87. The molecule has 0 aliphatic carbocycles. The van der Waals surface area contributed by atoms with Crippen LogP contribution in [0.15, 0.2) is 12.1 Å². The van der Waals surface area contributed by atoms with Gasteiger partial charge in [0, 0.05) is 37.4 Å². The number of nitrogens with one attached hydrogen (secondary N) is 2. The molecule has 0 spiro atoms. The summed E-state index contributed by atoms with van der Waals surface area (Å²) in [5, 5.41) is 5.88. The quantitative estimate of drug-likeness (QED) is 0.817. The number of aryl methyl sites for hydroxylation is 1. The zero-order valence-electron chi connectivity index (χ0n) is 12.4. The van der Waals surface area contributed by atoms with Gasteiger partial charge in [-0.25, -0.2) is 4.98 Å². The molecule has 0 saturated heterocycles. The lowest BCUT2D eigenvalue weighted by molar-refractivity contribution is 0.0948. The Morgan fingerprint density at radius 3 is 2.68 bits per heavy atom. The van der Waals surface area contributed by atoms with Crippen molar-refractivity contribution in [3.05, 3.63) is 23.4 Å². The minimum absolute atomic E-state index is 0.0563. The second-order valence-corrected chi connectivity index (χ2v) is 4.96. The Morgan fingerprint density at radius 2 is 2.11 bits per heavy atom. The molecule has 5 heteroatoms. The number of carbonyl (C=O) groups is 1. The van der Waals surface area contributed by atoms with Crippen molar-refractivity contribution < 1.29 is 4.79 Å². The molecule has 5 nitrogen and oxygen atoms in total. The molecule has 106 valence electrons. The lowest BCUT2D eigenvalue weighted by Gasteiger charge is -2.20. The molecule has 0 aromatic carbocycles. The van der Waals surface area contributed by atoms with Crippen LogP contribution in [0.1, 0.15) is 29.9 Å². The van der Waals surface area contributed by atoms with E-state index in [1.54, 1.807) is 19.2 Å². The Bertz CT molecular complexity index is 431. The van der Waals surface area contributed by atoms with Gasteiger partial charge in [0.15, 0.2) is 0 Å². The van der Waals surface area contributed by atoms with Crippen LogP contribution in [0, 0.1) is 6.92 Å². The molecular weight excluding hydrogens is 240 g/mol. The molecule has 0 atom stereocenters. The van der Waals surface area contributed by atoms with Crippen molar-refractivity contribution in [3.8, 4) is 0 Å². The first kappa shape index (κ1) is 15.4. The zero-order chi connectivity index (χ0) is 14.4. The molecule has 1 heterocycles. The van der Waals surface area contributed by atoms with Crippen molar-refractivity contribution in [1.29, 1.82) is 0 Å². The molecule has 1 aromatic rings. The standard InChI is InChI=1S/C14H24N4O/c1-10(2)18(5)7-6-16-14(19)12-8-11(3)17-13(9-12)15-4/h8-10H,6-7H2,1-5H3,(H,15,17)(H,16,19). The summed E-state index contributed by atoms with van der Waals surface area (Å²) in [6.45, 7) is 7.63. The number of carbonyl (C=O) groups excluding carboxylic acids is 1. The van der Waals surface area contributed by atoms with E-state index < -0.39 is 0 Å². The van der Waals surface area contributed by atoms with Crippen molar-refractivity contribution in [2.24, 2.45) is 0 Å². The molecule has 2 N–H and O–H groups in total. The van der Waals surface area contributed by atoms with Crippen LogP contribution in [0.2, 0.25) is 0 Å². The number of hydrogen-bond acceptors (Lipinski definition) is 4. The van der Waals surface area contributed by atoms with Gasteiger partial charge in [-0.05, 0) is 40.0 Å². The lowest BCUT2D eigenvalue weighted by Crippen LogP contribution is -2.36. The number of anilines is 1. The summed E-state index contributed by atoms with van der Waals surface area (Å²) in [5.41, 5.74) is 1.47. The Balaban J connectivity index is 2.56. The first-order chi connectivity index (χ1) is 8.93. The first-order valence-electron chi connectivity index (χ1n) is 6.59. The van der Waals surface area contributed by atoms with Crippen LogP contribution in [-0.4, -0.2) is 49.0 Å². The van der Waals surface area contributed by atoms with Crippen LogP contribution in [0.3, 0.4) is 0 Å². The highest BCUT2D eigenvalue weighted by Crippen LogP contribution is 2.09. The van der Waals surface area contributed by atoms with Gasteiger partial charge in [-0.3, -0.25) is 4.79 Å². The fourth-order valence-electron chi connectivity index (χ4n) is 1.63. The number of likely N-dealkylation sites (N-methyl/N-ethyl adjacent to an activating group) is 1. The molecule has 0 aliphatic rings. The van der Waals surface area contributed by atoms with E-state index in [0.29, 0.717) is 24.0 Å². The second-order valence-electron chi connectivity index (χ2n) is 4.96. The first-order valence-corrected chi connectivity index (χ1v) is 6.59. The molecule has 0 bridgehead atoms. The van der Waals surface area contributed by atoms with Crippen molar-refractivity contribution in [1.82, 2.24) is 15.2 Å². The highest BCUT2D eigenvalue weighted by molar-refractivity contribution is 5.94. The molecule has 1 aromatic heterocycles. The number of hydrogen-bond donors (Lipinski definition) is 2. The topological polar surface area (TPSA) is 57.3 Å². The van der Waals surface area contributed by atoms with E-state index in [1.165, 1.54) is 0 Å². The highest BCUT2D eigenvalue weighted by Gasteiger charge is 2.09. The molecule has 0 aliphatic heterocycles. The van der Waals surface area contributed by atoms with Gasteiger partial charge in [-0.1, -0.05) is 0 Å². The number of amides is 1. The maximum atomic E-state index is 12.0. The average molecular weight is 264 g/mol. The average Bonchev–Trinajstić information content (AvgIpc) is 2.37. The number of nitrogens with zero attached hydrogens (tertiary/aromatic N) is 2. The zero-order valence-corrected chi connectivity index (χ0v) is 12.4. The maximum absolute atomic E-state index is 12.0. The van der Waals surface area contributed by atoms with Crippen molar-refractivity contribution in [3.63, 3.8) is 0 Å². The molecule has 0 unspecified atom stereocenters. The van der Waals surface area contributed by atoms with Crippen LogP contribution in [0.4, 0.5) is 5.82 Å². The van der Waals surface area contributed by atoms with Gasteiger partial charge in [-0.2, -0.15) is 0 Å². The predicted octanol–water partition coefficient (Wildman–Crippen LogP) is 1.50. The van der Waals surface area contributed by atoms with Crippen LogP contribution in [-0.2, 0) is 0 Å². The van der Waals surface area contributed by atoms with Gasteiger partial charge in [-0.15, -0.1) is 0 Å². The largest absolute Gasteiger partial charge is 0.373 e. The summed E-state index contributed by atoms with van der Waals surface area (Å²) in [4.78, 5) is 18.5. The van der Waals surface area contributed by atoms with E-state index in [4.69, 9.17) is 0 Å². The van der Waals surface area contributed by atoms with Crippen LogP contribution >= 0.6 is 0 Å². The normalized spacial score (nSPS) is 10.9. The second kappa shape index (κ2) is 7.09. The van der Waals surface area contributed by atoms with Gasteiger partial charge in [0.2, 0.25) is 0 Å². The smallest absolute Gasteiger partial charge is 0.251 e. The monoisotopic (exact) mass is 264 g/mol. The SMILES string of the molecule is CNc1cc(C(=O)NCCN(C)C(C)C)cc(C)n1. The minimum Gasteiger partial charge on any atom is -0.373 e. The summed E-state index contributed by atoms with van der Waals surface area (Å²) in [7, 11) is 3.84. The maximum Gasteiger partial charge on any atom is 0.251 e. The van der Waals surface area contributed by atoms with Gasteiger partial charge in [0.05, 0.1) is 0 Å². The molecule has 0 radical (unpaired) electrons. The minimum atomic E-state index is -0.0563. The third-order valence-electron chi connectivity index (χ3n) is 3.10. The molecule has 0 saturated carbocycles. The van der Waals surface area contributed by atoms with Crippen molar-refractivity contribution >= 4 is 11.7 Å². The molecule has 1 amide bonds. The van der Waals surface area contributed by atoms with Gasteiger partial charge >= 0.3 is 0 Å². The summed E-state index contributed by atoms with van der Waals surface area (Å²) >= 11 is 0. The van der Waals surface area contributed by atoms with Crippen LogP contribution in [0.5, 0.6) is 0 Å². The summed E-state index contributed by atoms with van der Waals surface area (Å²) in [5.74, 6) is 0.656. The van der Waals surface area contributed by atoms with Gasteiger partial charge in [0.25, 0.3) is 5.91 Å². The van der Waals surface area contributed by atoms with Gasteiger partial charge < -0.3 is 15.5 Å². The van der Waals surface area contributed by atoms with Crippen LogP contribution in [0.25, 0.3) is 0 Å². The lowest BCUT2D eigenvalue weighted by atomic mass is 10.2. The Labute approximate surface area is 115 Å². The molecular formula is C14H24N4O. The van der Waals surface area contributed by atoms with Gasteiger partial charge in [0.1, 0.15) is 5.82 Å². The van der Waals surface area contributed by atoms with Crippen molar-refractivity contribution in [2.45, 2.75) is 26.8 Å². The third-order valence-corrected chi connectivity index (χ3v) is 3.10. The summed E-state index contributed by atoms with van der Waals surface area (Å²) in [6, 6.07) is 4.03. The van der Waals surface area contributed by atoms with Crippen LogP contribution < -0.4 is 10.6 Å². The Morgan fingerprint density at radius 1 is 1.42 bits per heavy atom. The fraction of sp³-hybridized carbons (Fsp3) is 0.571. The van der Waals surface area contributed by atoms with E-state index in [0.717, 1.165) is 12.2 Å². The number of rotatable bonds is 6. The van der Waals surface area contributed by atoms with E-state index in [2.05, 4.69) is 34.4 Å².